The van der Waals surface area contributed by atoms with E-state index in [1.54, 1.807) is 0 Å². The minimum absolute atomic E-state index is 0. The van der Waals surface area contributed by atoms with Crippen molar-refractivity contribution < 1.29 is 63.6 Å². The van der Waals surface area contributed by atoms with Gasteiger partial charge in [0.15, 0.2) is 0 Å². The van der Waals surface area contributed by atoms with Gasteiger partial charge in [0.05, 0.1) is 0 Å². The molecule has 0 aromatic heterocycles. The predicted molar refractivity (Wildman–Crippen MR) is 8.66 cm³/mol. The van der Waals surface area contributed by atoms with Gasteiger partial charge >= 0.3 is 78.1 Å². The van der Waals surface area contributed by atoms with Crippen molar-refractivity contribution in [3.63, 3.8) is 0 Å². The Morgan fingerprint density at radius 1 is 1.80 bits per heavy atom. The van der Waals surface area contributed by atoms with Crippen LogP contribution in [0.15, 0.2) is 0 Å². The monoisotopic (exact) mass is 168 g/mol. The molecule has 0 saturated heterocycles. The van der Waals surface area contributed by atoms with Gasteiger partial charge in [-0.2, -0.15) is 0 Å². The van der Waals surface area contributed by atoms with Crippen LogP contribution in [0.5, 0.6) is 0 Å². The van der Waals surface area contributed by atoms with Crippen LogP contribution in [0.25, 0.3) is 0 Å². The van der Waals surface area contributed by atoms with Gasteiger partial charge in [-0.3, -0.25) is 0 Å². The van der Waals surface area contributed by atoms with Gasteiger partial charge in [-0.05, 0) is 0 Å². The smallest absolute Gasteiger partial charge is 1.00 e. The second kappa shape index (κ2) is 5.88. The van der Waals surface area contributed by atoms with E-state index < -0.39 is 14.5 Å². The quantitative estimate of drug-likeness (QED) is 0.367. The van der Waals surface area contributed by atoms with E-state index in [-0.39, 0.29) is 51.4 Å². The molecule has 0 aliphatic heterocycles. The Morgan fingerprint density at radius 2 is 1.80 bits per heavy atom. The van der Waals surface area contributed by atoms with Gasteiger partial charge in [0.1, 0.15) is 0 Å². The van der Waals surface area contributed by atoms with Crippen molar-refractivity contribution in [1.29, 1.82) is 0 Å². The molecule has 3 nitrogen and oxygen atoms in total. The number of rotatable bonds is 0. The van der Waals surface area contributed by atoms with Crippen LogP contribution in [-0.2, 0) is 3.83 Å². The minimum atomic E-state index is -3.54. The molecule has 1 unspecified atom stereocenters. The fourth-order valence-corrected chi connectivity index (χ4v) is 0. The van der Waals surface area contributed by atoms with E-state index in [4.69, 9.17) is 12.2 Å². The molecule has 0 aliphatic rings. The third kappa shape index (κ3) is 25.1. The van der Waals surface area contributed by atoms with Crippen molar-refractivity contribution in [3.05, 3.63) is 0 Å². The van der Waals surface area contributed by atoms with E-state index in [9.17, 15) is 0 Å². The predicted octanol–water partition coefficient (Wildman–Crippen LogP) is -5.24. The zero-order chi connectivity index (χ0) is 3.58. The average Bonchev–Trinajstić information content (AvgIpc) is 0.811. The summed E-state index contributed by atoms with van der Waals surface area (Å²) in [7, 11) is 0. The van der Waals surface area contributed by atoms with Crippen molar-refractivity contribution in [2.75, 3.05) is 0 Å². The third-order valence-electron chi connectivity index (χ3n) is 0. The maximum Gasteiger partial charge on any atom is 1.00 e. The normalized spacial score (nSPS) is 12.4. The average molecular weight is 167 g/mol. The maximum atomic E-state index is 8.65. The van der Waals surface area contributed by atoms with E-state index in [1.165, 1.54) is 0 Å². The van der Waals surface area contributed by atoms with Crippen LogP contribution in [-0.4, -0.2) is 18.7 Å². The number of hydrogen-bond donors (Lipinski definition) is 1. The van der Waals surface area contributed by atoms with Crippen molar-refractivity contribution in [1.82, 2.24) is 0 Å². The van der Waals surface area contributed by atoms with Crippen LogP contribution >= 0.6 is 0 Å². The third-order valence-corrected chi connectivity index (χ3v) is 0. The zero-order valence-corrected chi connectivity index (χ0v) is 7.51. The van der Waals surface area contributed by atoms with Crippen molar-refractivity contribution in [2.45, 2.75) is 0 Å². The summed E-state index contributed by atoms with van der Waals surface area (Å²) < 4.78 is 24.4. The molecular formula is HKO3Se. The Labute approximate surface area is 76.5 Å². The molecule has 1 atom stereocenters. The summed E-state index contributed by atoms with van der Waals surface area (Å²) in [5.74, 6) is 0. The molecule has 5 heteroatoms. The van der Waals surface area contributed by atoms with Gasteiger partial charge in [0.25, 0.3) is 0 Å². The molecule has 0 amide bonds. The van der Waals surface area contributed by atoms with Gasteiger partial charge in [-0.1, -0.05) is 0 Å². The molecule has 26 valence electrons. The Balaban J connectivity index is 0. The van der Waals surface area contributed by atoms with E-state index in [0.717, 1.165) is 0 Å². The molecule has 5 heavy (non-hydrogen) atoms. The van der Waals surface area contributed by atoms with Crippen LogP contribution in [0, 0.1) is 0 Å². The summed E-state index contributed by atoms with van der Waals surface area (Å²) in [6.45, 7) is 0. The maximum absolute atomic E-state index is 8.65. The zero-order valence-electron chi connectivity index (χ0n) is 2.67. The van der Waals surface area contributed by atoms with E-state index in [1.807, 2.05) is 0 Å². The fraction of sp³-hybridized carbons (Fsp3) is 0. The van der Waals surface area contributed by atoms with Gasteiger partial charge in [-0.25, -0.2) is 0 Å². The first-order valence-corrected chi connectivity index (χ1v) is 2.68. The topological polar surface area (TPSA) is 60.4 Å². The number of hydrogen-bond acceptors (Lipinski definition) is 2. The standard InChI is InChI=1S/K.H2O3Se/c;1-4(2)3/h;(H2,1,2,3)/q+1;/p-1. The van der Waals surface area contributed by atoms with Gasteiger partial charge in [-0.15, -0.1) is 0 Å². The van der Waals surface area contributed by atoms with Crippen LogP contribution in [0.3, 0.4) is 0 Å². The molecule has 0 rings (SSSR count). The second-order valence-electron chi connectivity index (χ2n) is 0.217. The fourth-order valence-electron chi connectivity index (χ4n) is 0. The molecule has 0 radical (unpaired) electrons. The molecule has 0 bridgehead atoms. The molecule has 0 spiro atoms. The Morgan fingerprint density at radius 3 is 1.80 bits per heavy atom. The summed E-state index contributed by atoms with van der Waals surface area (Å²) >= 11 is -3.54. The van der Waals surface area contributed by atoms with E-state index in [0.29, 0.717) is 0 Å². The minimum Gasteiger partial charge on any atom is 1.00 e. The van der Waals surface area contributed by atoms with E-state index >= 15 is 0 Å². The molecule has 0 saturated carbocycles. The molecular weight excluding hydrogens is 166 g/mol. The molecule has 1 N–H and O–H groups in total. The van der Waals surface area contributed by atoms with Crippen molar-refractivity contribution >= 4 is 14.5 Å². The van der Waals surface area contributed by atoms with Crippen molar-refractivity contribution in [2.24, 2.45) is 0 Å². The second-order valence-corrected chi connectivity index (χ2v) is 1.13. The first-order chi connectivity index (χ1) is 1.73. The summed E-state index contributed by atoms with van der Waals surface area (Å²) in [5, 5.41) is 0. The van der Waals surface area contributed by atoms with Crippen molar-refractivity contribution in [3.8, 4) is 0 Å². The Hall–Kier alpha value is 1.88. The molecule has 0 heterocycles. The van der Waals surface area contributed by atoms with Crippen LogP contribution in [0.4, 0.5) is 0 Å². The summed E-state index contributed by atoms with van der Waals surface area (Å²) in [4.78, 5) is 0. The Kier molecular flexibility index (Phi) is 11.7. The Bertz CT molecular complexity index is 29.9. The summed E-state index contributed by atoms with van der Waals surface area (Å²) in [6, 6.07) is 0. The van der Waals surface area contributed by atoms with Crippen LogP contribution in [0.1, 0.15) is 0 Å². The summed E-state index contributed by atoms with van der Waals surface area (Å²) in [6.07, 6.45) is 0. The first-order valence-electron chi connectivity index (χ1n) is 0.516. The SMILES string of the molecule is O=[Se]([O-])O.[K+]. The van der Waals surface area contributed by atoms with E-state index in [2.05, 4.69) is 0 Å². The molecule has 0 aromatic rings. The largest absolute Gasteiger partial charge is 1.00 e. The molecule has 0 aliphatic carbocycles. The summed E-state index contributed by atoms with van der Waals surface area (Å²) in [5.41, 5.74) is 0. The molecule has 0 aromatic carbocycles. The van der Waals surface area contributed by atoms with Gasteiger partial charge in [0, 0.05) is 0 Å². The molecule has 0 fully saturated rings. The van der Waals surface area contributed by atoms with Crippen LogP contribution < -0.4 is 55.6 Å². The van der Waals surface area contributed by atoms with Gasteiger partial charge < -0.3 is 0 Å². The van der Waals surface area contributed by atoms with Crippen LogP contribution in [0.2, 0.25) is 0 Å². The van der Waals surface area contributed by atoms with Gasteiger partial charge in [0.2, 0.25) is 0 Å². The first kappa shape index (κ1) is 9.99.